The maximum atomic E-state index is 13.2. The fraction of sp³-hybridized carbons (Fsp3) is 0.538. The standard InChI is InChI=1S/C13H17BrFNOS/c1-9(10-2-3-13(15)12(14)8-10)16-11-4-6-18(17)7-5-11/h2-3,8-9,11,16H,4-7H2,1H3. The van der Waals surface area contributed by atoms with Crippen molar-refractivity contribution in [2.24, 2.45) is 0 Å². The van der Waals surface area contributed by atoms with Crippen molar-refractivity contribution in [2.45, 2.75) is 31.8 Å². The Balaban J connectivity index is 1.96. The van der Waals surface area contributed by atoms with Crippen LogP contribution in [-0.4, -0.2) is 21.8 Å². The highest BCUT2D eigenvalue weighted by Gasteiger charge is 2.19. The van der Waals surface area contributed by atoms with Gasteiger partial charge < -0.3 is 5.32 Å². The van der Waals surface area contributed by atoms with Crippen molar-refractivity contribution in [2.75, 3.05) is 11.5 Å². The SMILES string of the molecule is CC(NC1CCS(=O)CC1)c1ccc(F)c(Br)c1. The Morgan fingerprint density at radius 2 is 2.11 bits per heavy atom. The van der Waals surface area contributed by atoms with Crippen LogP contribution in [0.4, 0.5) is 4.39 Å². The summed E-state index contributed by atoms with van der Waals surface area (Å²) in [6.07, 6.45) is 1.92. The highest BCUT2D eigenvalue weighted by Crippen LogP contribution is 2.22. The monoisotopic (exact) mass is 333 g/mol. The molecule has 2 nitrogen and oxygen atoms in total. The van der Waals surface area contributed by atoms with Crippen molar-refractivity contribution < 1.29 is 8.60 Å². The van der Waals surface area contributed by atoms with E-state index in [2.05, 4.69) is 28.2 Å². The second kappa shape index (κ2) is 6.26. The van der Waals surface area contributed by atoms with E-state index in [4.69, 9.17) is 0 Å². The van der Waals surface area contributed by atoms with Gasteiger partial charge in [-0.3, -0.25) is 4.21 Å². The Morgan fingerprint density at radius 3 is 2.72 bits per heavy atom. The van der Waals surface area contributed by atoms with Crippen LogP contribution in [0.3, 0.4) is 0 Å². The summed E-state index contributed by atoms with van der Waals surface area (Å²) in [5.41, 5.74) is 1.06. The molecule has 1 aromatic carbocycles. The van der Waals surface area contributed by atoms with Crippen LogP contribution in [0.25, 0.3) is 0 Å². The van der Waals surface area contributed by atoms with Gasteiger partial charge in [0, 0.05) is 34.4 Å². The Bertz CT molecular complexity index is 445. The van der Waals surface area contributed by atoms with Gasteiger partial charge in [0.15, 0.2) is 0 Å². The molecule has 1 unspecified atom stereocenters. The number of hydrogen-bond donors (Lipinski definition) is 1. The van der Waals surface area contributed by atoms with Gasteiger partial charge in [0.2, 0.25) is 0 Å². The van der Waals surface area contributed by atoms with Crippen LogP contribution in [-0.2, 0) is 10.8 Å². The summed E-state index contributed by atoms with van der Waals surface area (Å²) in [7, 11) is -0.624. The largest absolute Gasteiger partial charge is 0.307 e. The second-order valence-corrected chi connectivity index (χ2v) is 7.23. The molecule has 1 saturated heterocycles. The van der Waals surface area contributed by atoms with Gasteiger partial charge >= 0.3 is 0 Å². The molecule has 0 aromatic heterocycles. The van der Waals surface area contributed by atoms with Gasteiger partial charge in [-0.05, 0) is 53.4 Å². The first kappa shape index (κ1) is 14.2. The zero-order valence-corrected chi connectivity index (χ0v) is 12.7. The number of hydrogen-bond acceptors (Lipinski definition) is 2. The minimum atomic E-state index is -0.624. The molecule has 1 atom stereocenters. The van der Waals surface area contributed by atoms with E-state index in [0.717, 1.165) is 29.9 Å². The van der Waals surface area contributed by atoms with E-state index in [1.54, 1.807) is 6.07 Å². The molecule has 1 heterocycles. The average Bonchev–Trinajstić information content (AvgIpc) is 2.35. The molecule has 0 amide bonds. The molecule has 18 heavy (non-hydrogen) atoms. The lowest BCUT2D eigenvalue weighted by molar-refractivity contribution is 0.426. The summed E-state index contributed by atoms with van der Waals surface area (Å²) >= 11 is 3.20. The lowest BCUT2D eigenvalue weighted by Crippen LogP contribution is -2.37. The Morgan fingerprint density at radius 1 is 1.44 bits per heavy atom. The average molecular weight is 334 g/mol. The molecule has 0 aliphatic carbocycles. The minimum Gasteiger partial charge on any atom is -0.307 e. The minimum absolute atomic E-state index is 0.179. The predicted octanol–water partition coefficient (Wildman–Crippen LogP) is 3.15. The number of nitrogens with one attached hydrogen (secondary N) is 1. The van der Waals surface area contributed by atoms with E-state index < -0.39 is 10.8 Å². The van der Waals surface area contributed by atoms with Gasteiger partial charge in [-0.25, -0.2) is 4.39 Å². The second-order valence-electron chi connectivity index (χ2n) is 4.68. The van der Waals surface area contributed by atoms with Crippen molar-refractivity contribution in [3.63, 3.8) is 0 Å². The van der Waals surface area contributed by atoms with E-state index in [-0.39, 0.29) is 11.9 Å². The third-order valence-electron chi connectivity index (χ3n) is 3.32. The molecule has 0 bridgehead atoms. The van der Waals surface area contributed by atoms with Crippen molar-refractivity contribution in [1.82, 2.24) is 5.32 Å². The molecule has 100 valence electrons. The molecule has 0 radical (unpaired) electrons. The van der Waals surface area contributed by atoms with E-state index in [1.807, 2.05) is 6.07 Å². The molecule has 1 fully saturated rings. The summed E-state index contributed by atoms with van der Waals surface area (Å²) in [5, 5.41) is 3.52. The van der Waals surface area contributed by atoms with Gasteiger partial charge in [0.25, 0.3) is 0 Å². The highest BCUT2D eigenvalue weighted by molar-refractivity contribution is 9.10. The van der Waals surface area contributed by atoms with Gasteiger partial charge in [-0.15, -0.1) is 0 Å². The summed E-state index contributed by atoms with van der Waals surface area (Å²) in [5.74, 6) is 1.34. The predicted molar refractivity (Wildman–Crippen MR) is 76.5 cm³/mol. The Kier molecular flexibility index (Phi) is 4.92. The first-order valence-corrected chi connectivity index (χ1v) is 8.40. The van der Waals surface area contributed by atoms with Crippen LogP contribution >= 0.6 is 15.9 Å². The first-order valence-electron chi connectivity index (χ1n) is 6.12. The van der Waals surface area contributed by atoms with Gasteiger partial charge in [0.1, 0.15) is 5.82 Å². The third kappa shape index (κ3) is 3.62. The molecular weight excluding hydrogens is 317 g/mol. The maximum absolute atomic E-state index is 13.2. The number of benzene rings is 1. The topological polar surface area (TPSA) is 29.1 Å². The van der Waals surface area contributed by atoms with Crippen molar-refractivity contribution in [1.29, 1.82) is 0 Å². The molecule has 1 aromatic rings. The van der Waals surface area contributed by atoms with E-state index in [1.165, 1.54) is 6.07 Å². The van der Waals surface area contributed by atoms with E-state index in [0.29, 0.717) is 10.5 Å². The Labute approximate surface area is 118 Å². The zero-order chi connectivity index (χ0) is 13.1. The molecular formula is C13H17BrFNOS. The van der Waals surface area contributed by atoms with Crippen LogP contribution in [0.1, 0.15) is 31.4 Å². The maximum Gasteiger partial charge on any atom is 0.137 e. The van der Waals surface area contributed by atoms with Gasteiger partial charge in [-0.2, -0.15) is 0 Å². The molecule has 1 aliphatic heterocycles. The lowest BCUT2D eigenvalue weighted by Gasteiger charge is -2.26. The van der Waals surface area contributed by atoms with E-state index in [9.17, 15) is 8.60 Å². The fourth-order valence-electron chi connectivity index (χ4n) is 2.19. The van der Waals surface area contributed by atoms with Crippen LogP contribution in [0.2, 0.25) is 0 Å². The van der Waals surface area contributed by atoms with Crippen LogP contribution in [0.5, 0.6) is 0 Å². The van der Waals surface area contributed by atoms with E-state index >= 15 is 0 Å². The van der Waals surface area contributed by atoms with Gasteiger partial charge in [-0.1, -0.05) is 6.07 Å². The van der Waals surface area contributed by atoms with Crippen molar-refractivity contribution in [3.05, 3.63) is 34.1 Å². The van der Waals surface area contributed by atoms with Crippen LogP contribution < -0.4 is 5.32 Å². The third-order valence-corrected chi connectivity index (χ3v) is 5.31. The molecule has 0 saturated carbocycles. The smallest absolute Gasteiger partial charge is 0.137 e. The van der Waals surface area contributed by atoms with Crippen LogP contribution in [0, 0.1) is 5.82 Å². The van der Waals surface area contributed by atoms with Gasteiger partial charge in [0.05, 0.1) is 4.47 Å². The summed E-state index contributed by atoms with van der Waals surface area (Å²) in [6, 6.07) is 5.69. The fourth-order valence-corrected chi connectivity index (χ4v) is 3.89. The zero-order valence-electron chi connectivity index (χ0n) is 10.3. The van der Waals surface area contributed by atoms with Crippen molar-refractivity contribution >= 4 is 26.7 Å². The lowest BCUT2D eigenvalue weighted by atomic mass is 10.1. The number of rotatable bonds is 3. The summed E-state index contributed by atoms with van der Waals surface area (Å²) in [4.78, 5) is 0. The normalized spacial score (nSPS) is 25.9. The molecule has 0 spiro atoms. The molecule has 2 rings (SSSR count). The molecule has 5 heteroatoms. The first-order chi connectivity index (χ1) is 8.56. The number of halogens is 2. The molecule has 1 N–H and O–H groups in total. The summed E-state index contributed by atoms with van der Waals surface area (Å²) in [6.45, 7) is 2.07. The highest BCUT2D eigenvalue weighted by atomic mass is 79.9. The Hall–Kier alpha value is -0.260. The van der Waals surface area contributed by atoms with Crippen molar-refractivity contribution in [3.8, 4) is 0 Å². The summed E-state index contributed by atoms with van der Waals surface area (Å²) < 4.78 is 24.9. The quantitative estimate of drug-likeness (QED) is 0.920. The molecule has 1 aliphatic rings. The van der Waals surface area contributed by atoms with Crippen LogP contribution in [0.15, 0.2) is 22.7 Å².